The smallest absolute Gasteiger partial charge is 0.447 e. The van der Waals surface area contributed by atoms with Crippen molar-refractivity contribution in [3.05, 3.63) is 59.4 Å². The molecular weight excluding hydrogens is 283 g/mol. The van der Waals surface area contributed by atoms with Crippen LogP contribution in [0.3, 0.4) is 0 Å². The fraction of sp³-hybridized carbons (Fsp3) is 0.211. The third-order valence-electron chi connectivity index (χ3n) is 4.58. The minimum atomic E-state index is -2.12. The van der Waals surface area contributed by atoms with Crippen molar-refractivity contribution in [3.63, 3.8) is 0 Å². The Bertz CT molecular complexity index is 1040. The molecule has 0 saturated heterocycles. The third kappa shape index (κ3) is 2.09. The molecule has 0 bridgehead atoms. The van der Waals surface area contributed by atoms with Crippen molar-refractivity contribution in [2.75, 3.05) is 4.81 Å². The van der Waals surface area contributed by atoms with Crippen molar-refractivity contribution in [1.82, 2.24) is 0 Å². The van der Waals surface area contributed by atoms with Crippen LogP contribution < -0.4 is 15.0 Å². The lowest BCUT2D eigenvalue weighted by Gasteiger charge is -2.22. The average molecular weight is 306 g/mol. The van der Waals surface area contributed by atoms with Gasteiger partial charge in [-0.2, -0.15) is 0 Å². The van der Waals surface area contributed by atoms with Gasteiger partial charge in [0.2, 0.25) is 0 Å². The van der Waals surface area contributed by atoms with E-state index in [2.05, 4.69) is 23.8 Å². The zero-order valence-electron chi connectivity index (χ0n) is 16.5. The fourth-order valence-electron chi connectivity index (χ4n) is 3.24. The molecule has 0 saturated carbocycles. The molecule has 23 heavy (non-hydrogen) atoms. The predicted octanol–water partition coefficient (Wildman–Crippen LogP) is 3.19. The molecule has 1 aliphatic heterocycles. The van der Waals surface area contributed by atoms with Crippen molar-refractivity contribution < 1.29 is 13.1 Å². The summed E-state index contributed by atoms with van der Waals surface area (Å²) in [5.74, 6) is 0.922. The predicted molar refractivity (Wildman–Crippen MR) is 96.1 cm³/mol. The zero-order chi connectivity index (χ0) is 18.6. The van der Waals surface area contributed by atoms with Gasteiger partial charge in [0.05, 0.1) is 19.4 Å². The maximum Gasteiger partial charge on any atom is 0.447 e. The van der Waals surface area contributed by atoms with Gasteiger partial charge in [-0.05, 0) is 43.9 Å². The number of hydrogen-bond donors (Lipinski definition) is 0. The van der Waals surface area contributed by atoms with E-state index in [1.54, 1.807) is 6.20 Å². The Morgan fingerprint density at radius 1 is 1.26 bits per heavy atom. The number of hydrogen-bond acceptors (Lipinski definition) is 2. The van der Waals surface area contributed by atoms with E-state index in [-0.39, 0.29) is 6.85 Å². The topological polar surface area (TPSA) is 20.3 Å². The van der Waals surface area contributed by atoms with Gasteiger partial charge in [-0.3, -0.25) is 4.81 Å². The maximum atomic E-state index is 7.70. The van der Waals surface area contributed by atoms with Crippen molar-refractivity contribution >= 4 is 35.4 Å². The molecule has 1 aliphatic rings. The zero-order valence-corrected chi connectivity index (χ0v) is 13.5. The first kappa shape index (κ1) is 11.1. The summed E-state index contributed by atoms with van der Waals surface area (Å²) >= 11 is 0. The van der Waals surface area contributed by atoms with E-state index in [1.807, 2.05) is 49.0 Å². The minimum absolute atomic E-state index is 0.00612. The molecule has 3 heterocycles. The van der Waals surface area contributed by atoms with Gasteiger partial charge in [0.1, 0.15) is 11.2 Å². The Labute approximate surface area is 141 Å². The molecule has 3 aromatic rings. The molecule has 4 heteroatoms. The number of furan rings is 1. The number of para-hydroxylation sites is 1. The first-order chi connectivity index (χ1) is 12.3. The molecule has 0 atom stereocenters. The van der Waals surface area contributed by atoms with Crippen LogP contribution in [-0.4, -0.2) is 6.85 Å². The van der Waals surface area contributed by atoms with Gasteiger partial charge in [0.15, 0.2) is 0 Å². The Hall–Kier alpha value is -2.49. The second-order valence-corrected chi connectivity index (χ2v) is 6.11. The van der Waals surface area contributed by atoms with Crippen LogP contribution in [0, 0.1) is 13.8 Å². The van der Waals surface area contributed by atoms with Crippen molar-refractivity contribution in [1.29, 1.82) is 0 Å². The molecule has 0 N–H and O–H groups in total. The number of aromatic nitrogens is 1. The van der Waals surface area contributed by atoms with Crippen LogP contribution in [0.2, 0.25) is 6.82 Å². The highest BCUT2D eigenvalue weighted by Crippen LogP contribution is 2.26. The molecule has 3 nitrogen and oxygen atoms in total. The second-order valence-electron chi connectivity index (χ2n) is 6.11. The summed E-state index contributed by atoms with van der Waals surface area (Å²) in [6.45, 7) is 1.83. The van der Waals surface area contributed by atoms with Crippen molar-refractivity contribution in [2.45, 2.75) is 20.6 Å². The summed E-state index contributed by atoms with van der Waals surface area (Å²) in [4.78, 5) is 2.11. The lowest BCUT2D eigenvalue weighted by molar-refractivity contribution is -0.658. The monoisotopic (exact) mass is 306 g/mol. The number of rotatable bonds is 1. The number of pyridine rings is 1. The van der Waals surface area contributed by atoms with E-state index >= 15 is 0 Å². The van der Waals surface area contributed by atoms with Crippen LogP contribution in [0.25, 0.3) is 17.0 Å². The minimum Gasteiger partial charge on any atom is -0.465 e. The molecule has 0 aliphatic carbocycles. The van der Waals surface area contributed by atoms with Crippen molar-refractivity contribution in [3.8, 4) is 0 Å². The van der Waals surface area contributed by atoms with E-state index in [9.17, 15) is 0 Å². The number of nitrogens with zero attached hydrogens (tertiary/aromatic N) is 2. The van der Waals surface area contributed by atoms with Crippen LogP contribution in [0.5, 0.6) is 0 Å². The Morgan fingerprint density at radius 3 is 2.91 bits per heavy atom. The van der Waals surface area contributed by atoms with Gasteiger partial charge >= 0.3 is 6.85 Å². The van der Waals surface area contributed by atoms with Gasteiger partial charge in [-0.25, -0.2) is 4.57 Å². The third-order valence-corrected chi connectivity index (χ3v) is 4.58. The highest BCUT2D eigenvalue weighted by molar-refractivity contribution is 6.76. The molecule has 1 aromatic carbocycles. The van der Waals surface area contributed by atoms with E-state index in [0.717, 1.165) is 33.6 Å². The lowest BCUT2D eigenvalue weighted by atomic mass is 9.58. The number of anilines is 1. The number of benzene rings is 1. The van der Waals surface area contributed by atoms with Gasteiger partial charge in [0, 0.05) is 21.1 Å². The summed E-state index contributed by atoms with van der Waals surface area (Å²) in [5.41, 5.74) is 4.05. The summed E-state index contributed by atoms with van der Waals surface area (Å²) in [5, 5.41) is 1.11. The highest BCUT2D eigenvalue weighted by atomic mass is 16.3. The van der Waals surface area contributed by atoms with Gasteiger partial charge in [0.25, 0.3) is 5.82 Å². The van der Waals surface area contributed by atoms with Gasteiger partial charge in [-0.15, -0.1) is 0 Å². The second kappa shape index (κ2) is 5.02. The molecule has 2 aromatic heterocycles. The van der Waals surface area contributed by atoms with Gasteiger partial charge < -0.3 is 4.42 Å². The highest BCUT2D eigenvalue weighted by Gasteiger charge is 2.37. The van der Waals surface area contributed by atoms with E-state index in [4.69, 9.17) is 8.53 Å². The van der Waals surface area contributed by atoms with Crippen LogP contribution in [0.4, 0.5) is 5.82 Å². The first-order valence-corrected chi connectivity index (χ1v) is 7.76. The molecule has 0 radical (unpaired) electrons. The molecule has 0 unspecified atom stereocenters. The summed E-state index contributed by atoms with van der Waals surface area (Å²) in [6.07, 6.45) is 5.80. The maximum absolute atomic E-state index is 7.70. The van der Waals surface area contributed by atoms with Gasteiger partial charge in [-0.1, -0.05) is 18.2 Å². The Morgan fingerprint density at radius 2 is 2.09 bits per heavy atom. The summed E-state index contributed by atoms with van der Waals surface area (Å²) in [7, 11) is 1.87. The number of fused-ring (bicyclic) bond motifs is 3. The lowest BCUT2D eigenvalue weighted by Crippen LogP contribution is -2.50. The average Bonchev–Trinajstić information content (AvgIpc) is 2.96. The molecule has 0 spiro atoms. The van der Waals surface area contributed by atoms with Crippen LogP contribution in [0.15, 0.2) is 47.1 Å². The molecule has 114 valence electrons. The van der Waals surface area contributed by atoms with E-state index in [1.165, 1.54) is 0 Å². The molecule has 0 amide bonds. The van der Waals surface area contributed by atoms with Crippen LogP contribution in [-0.2, 0) is 7.05 Å². The Kier molecular flexibility index (Phi) is 2.42. The van der Waals surface area contributed by atoms with Crippen LogP contribution >= 0.6 is 0 Å². The normalized spacial score (nSPS) is 16.2. The quantitative estimate of drug-likeness (QED) is 0.508. The standard InChI is InChI=1S/C19H20BN2O/c1-13-11-18(21(4)12-14(13)2)22-10-9-16-15-7-5-6-8-17(15)23-19(16)20(22)3/h5-12H,1-4H3/q+1/i2D3. The summed E-state index contributed by atoms with van der Waals surface area (Å²) in [6, 6.07) is 9.96. The van der Waals surface area contributed by atoms with Crippen LogP contribution in [0.1, 0.15) is 20.8 Å². The molecule has 4 rings (SSSR count). The fourth-order valence-corrected chi connectivity index (χ4v) is 3.24. The van der Waals surface area contributed by atoms with E-state index < -0.39 is 6.85 Å². The summed E-state index contributed by atoms with van der Waals surface area (Å²) < 4.78 is 31.1. The van der Waals surface area contributed by atoms with E-state index in [0.29, 0.717) is 5.56 Å². The number of aryl methyl sites for hydroxylation is 3. The largest absolute Gasteiger partial charge is 0.465 e. The van der Waals surface area contributed by atoms with Crippen molar-refractivity contribution in [2.24, 2.45) is 7.05 Å². The molecular formula is C19H20BN2O+. The Balaban J connectivity index is 1.80. The first-order valence-electron chi connectivity index (χ1n) is 9.26. The SMILES string of the molecule is [2H]C([2H])([2H])c1c[n+](C)c(N2C=Cc3c(oc4ccccc34)B2C)cc1C. The molecule has 0 fully saturated rings.